The van der Waals surface area contributed by atoms with Gasteiger partial charge in [-0.05, 0) is 34.9 Å². The maximum Gasteiger partial charge on any atom is 0.288 e. The third-order valence-electron chi connectivity index (χ3n) is 4.89. The zero-order valence-corrected chi connectivity index (χ0v) is 16.7. The van der Waals surface area contributed by atoms with Gasteiger partial charge in [0.1, 0.15) is 5.02 Å². The van der Waals surface area contributed by atoms with E-state index in [-0.39, 0.29) is 33.9 Å². The van der Waals surface area contributed by atoms with Crippen LogP contribution in [-0.4, -0.2) is 17.0 Å². The summed E-state index contributed by atoms with van der Waals surface area (Å²) in [6.07, 6.45) is 2.17. The van der Waals surface area contributed by atoms with Crippen molar-refractivity contribution < 1.29 is 9.72 Å². The molecule has 0 radical (unpaired) electrons. The second-order valence-corrected chi connectivity index (χ2v) is 8.43. The number of nitrogens with one attached hydrogen (secondary N) is 1. The number of benzene rings is 2. The molecule has 0 heterocycles. The Hall–Kier alpha value is -2.73. The minimum Gasteiger partial charge on any atom is -0.273 e. The molecule has 1 amide bonds. The Balaban J connectivity index is 1.57. The van der Waals surface area contributed by atoms with Crippen molar-refractivity contribution in [3.8, 4) is 0 Å². The summed E-state index contributed by atoms with van der Waals surface area (Å²) in [4.78, 5) is 22.6. The smallest absolute Gasteiger partial charge is 0.273 e. The molecule has 0 aromatic heterocycles. The van der Waals surface area contributed by atoms with Crippen LogP contribution in [0.4, 0.5) is 5.69 Å². The number of hydrazone groups is 1. The van der Waals surface area contributed by atoms with E-state index in [1.807, 2.05) is 0 Å². The number of hydrogen-bond acceptors (Lipinski definition) is 4. The van der Waals surface area contributed by atoms with Crippen LogP contribution in [0.1, 0.15) is 49.8 Å². The number of nitro benzene ring substituents is 1. The van der Waals surface area contributed by atoms with E-state index in [0.29, 0.717) is 5.56 Å². The highest BCUT2D eigenvalue weighted by Crippen LogP contribution is 2.47. The molecule has 0 spiro atoms. The minimum atomic E-state index is -0.558. The number of carbonyl (C=O) groups is 1. The molecule has 1 fully saturated rings. The Morgan fingerprint density at radius 2 is 1.93 bits per heavy atom. The molecule has 146 valence electrons. The van der Waals surface area contributed by atoms with Crippen molar-refractivity contribution in [2.75, 3.05) is 0 Å². The number of nitrogens with zero attached hydrogens (tertiary/aromatic N) is 2. The molecule has 1 aliphatic carbocycles. The minimum absolute atomic E-state index is 0.0597. The molecular formula is C21H22ClN3O3. The number of nitro groups is 1. The molecule has 2 aromatic rings. The molecule has 3 rings (SSSR count). The fourth-order valence-corrected chi connectivity index (χ4v) is 3.27. The van der Waals surface area contributed by atoms with Crippen LogP contribution in [0.25, 0.3) is 0 Å². The Bertz CT molecular complexity index is 933. The molecule has 2 aromatic carbocycles. The summed E-state index contributed by atoms with van der Waals surface area (Å²) in [5, 5.41) is 14.9. The van der Waals surface area contributed by atoms with E-state index in [0.717, 1.165) is 12.0 Å². The first kappa shape index (κ1) is 20.0. The van der Waals surface area contributed by atoms with Crippen molar-refractivity contribution in [2.24, 2.45) is 11.0 Å². The second-order valence-electron chi connectivity index (χ2n) is 8.02. The van der Waals surface area contributed by atoms with Gasteiger partial charge in [0.05, 0.1) is 11.1 Å². The summed E-state index contributed by atoms with van der Waals surface area (Å²) in [6.45, 7) is 6.51. The second kappa shape index (κ2) is 7.72. The maximum atomic E-state index is 12.3. The Labute approximate surface area is 168 Å². The first-order chi connectivity index (χ1) is 13.2. The van der Waals surface area contributed by atoms with E-state index in [2.05, 4.69) is 55.6 Å². The van der Waals surface area contributed by atoms with Gasteiger partial charge < -0.3 is 0 Å². The first-order valence-electron chi connectivity index (χ1n) is 9.04. The topological polar surface area (TPSA) is 84.6 Å². The van der Waals surface area contributed by atoms with Gasteiger partial charge in [-0.1, -0.05) is 62.7 Å². The van der Waals surface area contributed by atoms with Crippen LogP contribution in [0.15, 0.2) is 47.6 Å². The standard InChI is InChI=1S/C21H22ClN3O3/c1-21(2,3)15-7-5-14(6-8-15)16-11-17(16)20(26)24-23-12-13-4-9-18(22)19(10-13)25(27)28/h4-10,12,16-17H,11H2,1-3H3,(H,24,26)/b23-12+/t16-,17-/m1/s1. The third kappa shape index (κ3) is 4.57. The van der Waals surface area contributed by atoms with Crippen LogP contribution in [0.5, 0.6) is 0 Å². The van der Waals surface area contributed by atoms with Crippen molar-refractivity contribution in [3.05, 3.63) is 74.3 Å². The largest absolute Gasteiger partial charge is 0.288 e. The zero-order valence-electron chi connectivity index (χ0n) is 16.0. The van der Waals surface area contributed by atoms with Gasteiger partial charge in [-0.3, -0.25) is 14.9 Å². The number of halogens is 1. The van der Waals surface area contributed by atoms with Crippen molar-refractivity contribution in [1.29, 1.82) is 0 Å². The van der Waals surface area contributed by atoms with Gasteiger partial charge in [0.15, 0.2) is 0 Å². The van der Waals surface area contributed by atoms with Crippen LogP contribution in [0, 0.1) is 16.0 Å². The molecule has 0 unspecified atom stereocenters. The van der Waals surface area contributed by atoms with E-state index in [1.54, 1.807) is 6.07 Å². The van der Waals surface area contributed by atoms with Crippen molar-refractivity contribution in [3.63, 3.8) is 0 Å². The quantitative estimate of drug-likeness (QED) is 0.445. The molecule has 0 bridgehead atoms. The molecule has 6 nitrogen and oxygen atoms in total. The number of amides is 1. The lowest BCUT2D eigenvalue weighted by Gasteiger charge is -2.19. The van der Waals surface area contributed by atoms with Crippen molar-refractivity contribution >= 4 is 29.4 Å². The van der Waals surface area contributed by atoms with E-state index < -0.39 is 4.92 Å². The van der Waals surface area contributed by atoms with Crippen LogP contribution in [-0.2, 0) is 10.2 Å². The molecule has 2 atom stereocenters. The molecule has 1 saturated carbocycles. The average Bonchev–Trinajstić information content (AvgIpc) is 3.43. The summed E-state index contributed by atoms with van der Waals surface area (Å²) in [7, 11) is 0. The maximum absolute atomic E-state index is 12.3. The van der Waals surface area contributed by atoms with Crippen LogP contribution < -0.4 is 5.43 Å². The molecule has 28 heavy (non-hydrogen) atoms. The van der Waals surface area contributed by atoms with Crippen molar-refractivity contribution in [1.82, 2.24) is 5.43 Å². The van der Waals surface area contributed by atoms with Gasteiger partial charge in [0.25, 0.3) is 5.69 Å². The van der Waals surface area contributed by atoms with E-state index in [1.165, 1.54) is 23.9 Å². The molecule has 1 aliphatic rings. The SMILES string of the molecule is CC(C)(C)c1ccc([C@H]2C[C@H]2C(=O)N/N=C/c2ccc(Cl)c([N+](=O)[O-])c2)cc1. The zero-order chi connectivity index (χ0) is 20.5. The van der Waals surface area contributed by atoms with Gasteiger partial charge in [-0.25, -0.2) is 5.43 Å². The van der Waals surface area contributed by atoms with Crippen LogP contribution in [0.3, 0.4) is 0 Å². The van der Waals surface area contributed by atoms with Crippen LogP contribution >= 0.6 is 11.6 Å². The molecular weight excluding hydrogens is 378 g/mol. The lowest BCUT2D eigenvalue weighted by molar-refractivity contribution is -0.384. The fourth-order valence-electron chi connectivity index (χ4n) is 3.09. The monoisotopic (exact) mass is 399 g/mol. The summed E-state index contributed by atoms with van der Waals surface area (Å²) in [6, 6.07) is 12.8. The first-order valence-corrected chi connectivity index (χ1v) is 9.42. The van der Waals surface area contributed by atoms with Crippen LogP contribution in [0.2, 0.25) is 5.02 Å². The fraction of sp³-hybridized carbons (Fsp3) is 0.333. The highest BCUT2D eigenvalue weighted by Gasteiger charge is 2.44. The Kier molecular flexibility index (Phi) is 5.52. The Morgan fingerprint density at radius 3 is 2.54 bits per heavy atom. The summed E-state index contributed by atoms with van der Waals surface area (Å²) in [5.74, 6) is -0.0392. The van der Waals surface area contributed by atoms with Gasteiger partial charge in [0.2, 0.25) is 5.91 Å². The lowest BCUT2D eigenvalue weighted by atomic mass is 9.86. The van der Waals surface area contributed by atoms with Gasteiger partial charge in [-0.15, -0.1) is 0 Å². The van der Waals surface area contributed by atoms with Gasteiger partial charge in [-0.2, -0.15) is 5.10 Å². The summed E-state index contributed by atoms with van der Waals surface area (Å²) in [5.41, 5.74) is 5.33. The van der Waals surface area contributed by atoms with Gasteiger partial charge >= 0.3 is 0 Å². The lowest BCUT2D eigenvalue weighted by Crippen LogP contribution is -2.20. The summed E-state index contributed by atoms with van der Waals surface area (Å²) >= 11 is 5.78. The number of rotatable bonds is 5. The third-order valence-corrected chi connectivity index (χ3v) is 5.21. The normalized spacial score (nSPS) is 18.9. The average molecular weight is 400 g/mol. The van der Waals surface area contributed by atoms with Crippen molar-refractivity contribution in [2.45, 2.75) is 38.5 Å². The number of carbonyl (C=O) groups excluding carboxylic acids is 1. The highest BCUT2D eigenvalue weighted by atomic mass is 35.5. The Morgan fingerprint density at radius 1 is 1.25 bits per heavy atom. The number of hydrogen-bond donors (Lipinski definition) is 1. The highest BCUT2D eigenvalue weighted by molar-refractivity contribution is 6.32. The molecule has 0 aliphatic heterocycles. The molecule has 7 heteroatoms. The molecule has 0 saturated heterocycles. The predicted octanol–water partition coefficient (Wildman–Crippen LogP) is 4.80. The van der Waals surface area contributed by atoms with E-state index in [4.69, 9.17) is 11.6 Å². The predicted molar refractivity (Wildman–Crippen MR) is 110 cm³/mol. The van der Waals surface area contributed by atoms with E-state index in [9.17, 15) is 14.9 Å². The van der Waals surface area contributed by atoms with Gasteiger partial charge in [0, 0.05) is 17.5 Å². The van der Waals surface area contributed by atoms with E-state index >= 15 is 0 Å². The summed E-state index contributed by atoms with van der Waals surface area (Å²) < 4.78 is 0. The molecule has 1 N–H and O–H groups in total.